The van der Waals surface area contributed by atoms with Gasteiger partial charge in [-0.05, 0) is 57.4 Å². The lowest BCUT2D eigenvalue weighted by Crippen LogP contribution is -2.46. The Kier molecular flexibility index (Phi) is 11.0. The number of aliphatic imine (C=N–C) groups is 1. The topological polar surface area (TPSA) is 48.9 Å². The van der Waals surface area contributed by atoms with Crippen molar-refractivity contribution in [1.82, 2.24) is 15.5 Å². The van der Waals surface area contributed by atoms with Crippen LogP contribution in [0.25, 0.3) is 0 Å². The number of halogens is 1. The molecule has 7 heteroatoms. The number of nitrogens with zero attached hydrogens (tertiary/aromatic N) is 2. The van der Waals surface area contributed by atoms with Crippen LogP contribution in [0.15, 0.2) is 4.99 Å². The van der Waals surface area contributed by atoms with Crippen LogP contribution < -0.4 is 10.6 Å². The normalized spacial score (nSPS) is 26.2. The highest BCUT2D eigenvalue weighted by atomic mass is 127. The smallest absolute Gasteiger partial charge is 0.191 e. The minimum atomic E-state index is 0. The van der Waals surface area contributed by atoms with Gasteiger partial charge in [-0.1, -0.05) is 0 Å². The highest BCUT2D eigenvalue weighted by Crippen LogP contribution is 2.36. The second-order valence-electron chi connectivity index (χ2n) is 6.99. The molecule has 2 saturated heterocycles. The lowest BCUT2D eigenvalue weighted by Gasteiger charge is -2.32. The summed E-state index contributed by atoms with van der Waals surface area (Å²) in [6.07, 6.45) is 5.18. The van der Waals surface area contributed by atoms with E-state index in [2.05, 4.69) is 39.2 Å². The minimum Gasteiger partial charge on any atom is -0.383 e. The van der Waals surface area contributed by atoms with Gasteiger partial charge in [0.1, 0.15) is 0 Å². The van der Waals surface area contributed by atoms with Crippen LogP contribution in [0, 0.1) is 5.92 Å². The third-order valence-electron chi connectivity index (χ3n) is 5.03. The molecule has 0 spiro atoms. The van der Waals surface area contributed by atoms with E-state index in [0.717, 1.165) is 38.1 Å². The maximum absolute atomic E-state index is 5.16. The molecule has 0 saturated carbocycles. The van der Waals surface area contributed by atoms with Crippen molar-refractivity contribution in [1.29, 1.82) is 0 Å². The fourth-order valence-corrected chi connectivity index (χ4v) is 4.59. The molecule has 0 aliphatic carbocycles. The summed E-state index contributed by atoms with van der Waals surface area (Å²) < 4.78 is 5.54. The Morgan fingerprint density at radius 3 is 2.67 bits per heavy atom. The van der Waals surface area contributed by atoms with Crippen LogP contribution in [0.5, 0.6) is 0 Å². The Hall–Kier alpha value is 0.270. The lowest BCUT2D eigenvalue weighted by molar-refractivity contribution is 0.121. The first-order valence-corrected chi connectivity index (χ1v) is 9.93. The predicted octanol–water partition coefficient (Wildman–Crippen LogP) is 2.41. The van der Waals surface area contributed by atoms with Gasteiger partial charge in [0, 0.05) is 38.5 Å². The summed E-state index contributed by atoms with van der Waals surface area (Å²) in [7, 11) is 3.65. The van der Waals surface area contributed by atoms with E-state index in [0.29, 0.717) is 4.75 Å². The number of piperidine rings is 1. The molecule has 2 N–H and O–H groups in total. The summed E-state index contributed by atoms with van der Waals surface area (Å²) in [4.78, 5) is 6.88. The molecule has 1 unspecified atom stereocenters. The van der Waals surface area contributed by atoms with Gasteiger partial charge < -0.3 is 20.3 Å². The Morgan fingerprint density at radius 1 is 1.33 bits per heavy atom. The number of nitrogens with one attached hydrogen (secondary N) is 2. The van der Waals surface area contributed by atoms with E-state index in [9.17, 15) is 0 Å². The van der Waals surface area contributed by atoms with E-state index in [1.165, 1.54) is 44.5 Å². The highest BCUT2D eigenvalue weighted by Gasteiger charge is 2.29. The maximum Gasteiger partial charge on any atom is 0.191 e. The SMILES string of the molecule is CN=C(NCC1CCN(CCOC)CC1)NCC1(C)CCCS1.I. The van der Waals surface area contributed by atoms with Gasteiger partial charge in [0.15, 0.2) is 5.96 Å². The van der Waals surface area contributed by atoms with Crippen LogP contribution in [0.3, 0.4) is 0 Å². The van der Waals surface area contributed by atoms with Crippen molar-refractivity contribution in [2.75, 3.05) is 59.2 Å². The van der Waals surface area contributed by atoms with Crippen molar-refractivity contribution in [3.63, 3.8) is 0 Å². The second kappa shape index (κ2) is 11.8. The monoisotopic (exact) mass is 470 g/mol. The first-order chi connectivity index (χ1) is 11.1. The number of hydrogen-bond donors (Lipinski definition) is 2. The third-order valence-corrected chi connectivity index (χ3v) is 6.57. The van der Waals surface area contributed by atoms with Crippen LogP contribution in [-0.2, 0) is 4.74 Å². The largest absolute Gasteiger partial charge is 0.383 e. The lowest BCUT2D eigenvalue weighted by atomic mass is 9.97. The van der Waals surface area contributed by atoms with Crippen molar-refractivity contribution < 1.29 is 4.74 Å². The zero-order chi connectivity index (χ0) is 16.5. The number of hydrogen-bond acceptors (Lipinski definition) is 4. The molecule has 0 aromatic carbocycles. The first-order valence-electron chi connectivity index (χ1n) is 8.95. The molecule has 0 amide bonds. The van der Waals surface area contributed by atoms with E-state index in [1.54, 1.807) is 7.11 Å². The van der Waals surface area contributed by atoms with Gasteiger partial charge >= 0.3 is 0 Å². The number of guanidine groups is 1. The molecular weight excluding hydrogens is 435 g/mol. The molecule has 2 rings (SSSR count). The zero-order valence-corrected chi connectivity index (χ0v) is 18.6. The maximum atomic E-state index is 5.16. The standard InChI is InChI=1S/C17H34N4OS.HI/c1-17(7-4-12-23-17)14-20-16(18-2)19-13-15-5-8-21(9-6-15)10-11-22-3;/h15H,4-14H2,1-3H3,(H2,18,19,20);1H. The van der Waals surface area contributed by atoms with E-state index in [1.807, 2.05) is 7.05 Å². The Labute approximate surface area is 169 Å². The molecule has 0 aromatic heterocycles. The third kappa shape index (κ3) is 7.66. The van der Waals surface area contributed by atoms with Gasteiger partial charge in [-0.3, -0.25) is 4.99 Å². The molecule has 0 bridgehead atoms. The number of likely N-dealkylation sites (tertiary alicyclic amines) is 1. The van der Waals surface area contributed by atoms with E-state index in [4.69, 9.17) is 4.74 Å². The predicted molar refractivity (Wildman–Crippen MR) is 116 cm³/mol. The molecule has 2 heterocycles. The van der Waals surface area contributed by atoms with Gasteiger partial charge in [0.25, 0.3) is 0 Å². The summed E-state index contributed by atoms with van der Waals surface area (Å²) >= 11 is 2.09. The fourth-order valence-electron chi connectivity index (χ4n) is 3.34. The van der Waals surface area contributed by atoms with Crippen molar-refractivity contribution >= 4 is 41.7 Å². The molecule has 2 fully saturated rings. The summed E-state index contributed by atoms with van der Waals surface area (Å²) in [5.41, 5.74) is 0. The molecule has 1 atom stereocenters. The van der Waals surface area contributed by atoms with Crippen LogP contribution in [0.1, 0.15) is 32.6 Å². The second-order valence-corrected chi connectivity index (χ2v) is 8.67. The fraction of sp³-hybridized carbons (Fsp3) is 0.941. The molecular formula is C17H35IN4OS. The zero-order valence-electron chi connectivity index (χ0n) is 15.5. The molecule has 2 aliphatic heterocycles. The average Bonchev–Trinajstić information content (AvgIpc) is 3.01. The van der Waals surface area contributed by atoms with Crippen LogP contribution in [0.4, 0.5) is 0 Å². The Balaban J connectivity index is 0.00000288. The average molecular weight is 470 g/mol. The summed E-state index contributed by atoms with van der Waals surface area (Å²) in [6.45, 7) is 8.69. The van der Waals surface area contributed by atoms with Gasteiger partial charge in [-0.2, -0.15) is 11.8 Å². The van der Waals surface area contributed by atoms with Crippen LogP contribution >= 0.6 is 35.7 Å². The molecule has 24 heavy (non-hydrogen) atoms. The summed E-state index contributed by atoms with van der Waals surface area (Å²) in [6, 6.07) is 0. The van der Waals surface area contributed by atoms with Gasteiger partial charge in [0.05, 0.1) is 6.61 Å². The summed E-state index contributed by atoms with van der Waals surface area (Å²) in [5, 5.41) is 7.04. The van der Waals surface area contributed by atoms with Crippen LogP contribution in [0.2, 0.25) is 0 Å². The number of methoxy groups -OCH3 is 1. The number of ether oxygens (including phenoxy) is 1. The van der Waals surface area contributed by atoms with Crippen molar-refractivity contribution in [2.45, 2.75) is 37.4 Å². The van der Waals surface area contributed by atoms with Crippen molar-refractivity contribution in [3.8, 4) is 0 Å². The molecule has 142 valence electrons. The Bertz CT molecular complexity index is 370. The van der Waals surface area contributed by atoms with E-state index >= 15 is 0 Å². The summed E-state index contributed by atoms with van der Waals surface area (Å²) in [5.74, 6) is 3.01. The van der Waals surface area contributed by atoms with Gasteiger partial charge in [0.2, 0.25) is 0 Å². The highest BCUT2D eigenvalue weighted by molar-refractivity contribution is 14.0. The number of rotatable bonds is 7. The molecule has 0 aromatic rings. The van der Waals surface area contributed by atoms with E-state index < -0.39 is 0 Å². The quantitative estimate of drug-likeness (QED) is 0.340. The Morgan fingerprint density at radius 2 is 2.08 bits per heavy atom. The molecule has 5 nitrogen and oxygen atoms in total. The van der Waals surface area contributed by atoms with Crippen molar-refractivity contribution in [3.05, 3.63) is 0 Å². The van der Waals surface area contributed by atoms with Crippen molar-refractivity contribution in [2.24, 2.45) is 10.9 Å². The minimum absolute atomic E-state index is 0. The van der Waals surface area contributed by atoms with Crippen LogP contribution in [-0.4, -0.2) is 74.8 Å². The molecule has 0 radical (unpaired) electrons. The first kappa shape index (κ1) is 22.3. The molecule has 2 aliphatic rings. The van der Waals surface area contributed by atoms with E-state index in [-0.39, 0.29) is 24.0 Å². The number of thioether (sulfide) groups is 1. The van der Waals surface area contributed by atoms with Gasteiger partial charge in [-0.15, -0.1) is 24.0 Å². The van der Waals surface area contributed by atoms with Gasteiger partial charge in [-0.25, -0.2) is 0 Å².